The van der Waals surface area contributed by atoms with Gasteiger partial charge in [-0.2, -0.15) is 0 Å². The fraction of sp³-hybridized carbons (Fsp3) is 0.500. The maximum Gasteiger partial charge on any atom is 0.307 e. The SMILES string of the molecule is CC(C)CC(CNS(=O)(=O)Cc1cc(Cl)cc(Cl)c1)C(=O)O. The van der Waals surface area contributed by atoms with Crippen LogP contribution in [0, 0.1) is 11.8 Å². The van der Waals surface area contributed by atoms with Gasteiger partial charge in [0.25, 0.3) is 0 Å². The molecule has 0 aliphatic carbocycles. The average Bonchev–Trinajstić information content (AvgIpc) is 2.31. The summed E-state index contributed by atoms with van der Waals surface area (Å²) < 4.78 is 26.4. The lowest BCUT2D eigenvalue weighted by atomic mass is 9.98. The third kappa shape index (κ3) is 6.96. The summed E-state index contributed by atoms with van der Waals surface area (Å²) in [5, 5.41) is 9.81. The number of aliphatic carboxylic acids is 1. The molecule has 0 radical (unpaired) electrons. The molecule has 1 aromatic rings. The van der Waals surface area contributed by atoms with E-state index in [1.807, 2.05) is 13.8 Å². The first-order valence-electron chi connectivity index (χ1n) is 6.74. The summed E-state index contributed by atoms with van der Waals surface area (Å²) in [6.07, 6.45) is 0.404. The van der Waals surface area contributed by atoms with Crippen LogP contribution in [0.2, 0.25) is 10.0 Å². The molecular weight excluding hydrogens is 349 g/mol. The minimum atomic E-state index is -3.66. The van der Waals surface area contributed by atoms with Crippen molar-refractivity contribution in [3.63, 3.8) is 0 Å². The first-order valence-corrected chi connectivity index (χ1v) is 9.15. The minimum Gasteiger partial charge on any atom is -0.481 e. The van der Waals surface area contributed by atoms with Crippen molar-refractivity contribution in [2.75, 3.05) is 6.54 Å². The van der Waals surface area contributed by atoms with Gasteiger partial charge in [0.2, 0.25) is 10.0 Å². The second-order valence-corrected chi connectivity index (χ2v) is 8.23. The largest absolute Gasteiger partial charge is 0.481 e. The van der Waals surface area contributed by atoms with Crippen LogP contribution in [0.5, 0.6) is 0 Å². The van der Waals surface area contributed by atoms with E-state index < -0.39 is 21.9 Å². The molecule has 1 rings (SSSR count). The highest BCUT2D eigenvalue weighted by Crippen LogP contribution is 2.20. The van der Waals surface area contributed by atoms with Gasteiger partial charge in [-0.1, -0.05) is 37.0 Å². The zero-order valence-corrected chi connectivity index (χ0v) is 14.7. The number of nitrogens with one attached hydrogen (secondary N) is 1. The molecule has 1 aromatic carbocycles. The van der Waals surface area contributed by atoms with Gasteiger partial charge in [0.1, 0.15) is 0 Å². The van der Waals surface area contributed by atoms with E-state index in [4.69, 9.17) is 28.3 Å². The van der Waals surface area contributed by atoms with E-state index in [0.717, 1.165) is 0 Å². The predicted molar refractivity (Wildman–Crippen MR) is 87.7 cm³/mol. The van der Waals surface area contributed by atoms with Gasteiger partial charge in [-0.3, -0.25) is 4.79 Å². The summed E-state index contributed by atoms with van der Waals surface area (Å²) >= 11 is 11.7. The standard InChI is InChI=1S/C14H19Cl2NO4S/c1-9(2)3-11(14(18)19)7-17-22(20,21)8-10-4-12(15)6-13(16)5-10/h4-6,9,11,17H,3,7-8H2,1-2H3,(H,18,19). The minimum absolute atomic E-state index is 0.135. The maximum absolute atomic E-state index is 12.0. The molecule has 0 aliphatic heterocycles. The quantitative estimate of drug-likeness (QED) is 0.738. The van der Waals surface area contributed by atoms with Crippen LogP contribution in [-0.2, 0) is 20.6 Å². The molecule has 22 heavy (non-hydrogen) atoms. The van der Waals surface area contributed by atoms with E-state index in [1.165, 1.54) is 18.2 Å². The zero-order chi connectivity index (χ0) is 16.9. The van der Waals surface area contributed by atoms with Crippen molar-refractivity contribution in [1.29, 1.82) is 0 Å². The molecule has 0 fully saturated rings. The molecule has 0 aromatic heterocycles. The highest BCUT2D eigenvalue weighted by molar-refractivity contribution is 7.88. The normalized spacial score (nSPS) is 13.3. The number of benzene rings is 1. The highest BCUT2D eigenvalue weighted by atomic mass is 35.5. The van der Waals surface area contributed by atoms with Crippen molar-refractivity contribution in [3.8, 4) is 0 Å². The second-order valence-electron chi connectivity index (χ2n) is 5.55. The number of sulfonamides is 1. The van der Waals surface area contributed by atoms with Crippen molar-refractivity contribution in [2.24, 2.45) is 11.8 Å². The Bertz CT molecular complexity index is 611. The third-order valence-corrected chi connectivity index (χ3v) is 4.69. The Hall–Kier alpha value is -0.820. The molecule has 5 nitrogen and oxygen atoms in total. The van der Waals surface area contributed by atoms with Crippen LogP contribution in [-0.4, -0.2) is 26.0 Å². The molecule has 2 N–H and O–H groups in total. The summed E-state index contributed by atoms with van der Waals surface area (Å²) in [4.78, 5) is 11.1. The van der Waals surface area contributed by atoms with Crippen molar-refractivity contribution in [3.05, 3.63) is 33.8 Å². The van der Waals surface area contributed by atoms with Crippen molar-refractivity contribution < 1.29 is 18.3 Å². The fourth-order valence-electron chi connectivity index (χ4n) is 2.03. The topological polar surface area (TPSA) is 83.5 Å². The third-order valence-electron chi connectivity index (χ3n) is 2.93. The first-order chi connectivity index (χ1) is 10.1. The smallest absolute Gasteiger partial charge is 0.307 e. The van der Waals surface area contributed by atoms with Gasteiger partial charge in [0.15, 0.2) is 0 Å². The van der Waals surface area contributed by atoms with Crippen LogP contribution in [0.3, 0.4) is 0 Å². The van der Waals surface area contributed by atoms with Crippen molar-refractivity contribution in [2.45, 2.75) is 26.0 Å². The molecule has 0 saturated carbocycles. The molecule has 0 saturated heterocycles. The monoisotopic (exact) mass is 367 g/mol. The lowest BCUT2D eigenvalue weighted by Crippen LogP contribution is -2.34. The Morgan fingerprint density at radius 2 is 1.77 bits per heavy atom. The summed E-state index contributed by atoms with van der Waals surface area (Å²) in [6, 6.07) is 4.53. The Kier molecular flexibility index (Phi) is 7.12. The van der Waals surface area contributed by atoms with Gasteiger partial charge >= 0.3 is 5.97 Å². The van der Waals surface area contributed by atoms with Crippen LogP contribution < -0.4 is 4.72 Å². The molecule has 0 spiro atoms. The summed E-state index contributed by atoms with van der Waals surface area (Å²) in [7, 11) is -3.66. The lowest BCUT2D eigenvalue weighted by Gasteiger charge is -2.15. The van der Waals surface area contributed by atoms with Crippen LogP contribution in [0.4, 0.5) is 0 Å². The molecule has 0 amide bonds. The molecular formula is C14H19Cl2NO4S. The zero-order valence-electron chi connectivity index (χ0n) is 12.3. The van der Waals surface area contributed by atoms with Gasteiger partial charge < -0.3 is 5.11 Å². The number of carboxylic acid groups (broad SMARTS) is 1. The first kappa shape index (κ1) is 19.2. The van der Waals surface area contributed by atoms with Crippen LogP contribution in [0.25, 0.3) is 0 Å². The van der Waals surface area contributed by atoms with Crippen LogP contribution >= 0.6 is 23.2 Å². The van der Waals surface area contributed by atoms with Crippen molar-refractivity contribution in [1.82, 2.24) is 4.72 Å². The van der Waals surface area contributed by atoms with Gasteiger partial charge in [0.05, 0.1) is 11.7 Å². The molecule has 124 valence electrons. The van der Waals surface area contributed by atoms with E-state index in [-0.39, 0.29) is 18.2 Å². The number of halogens is 2. The Morgan fingerprint density at radius 3 is 2.23 bits per heavy atom. The Labute approximate surface area is 140 Å². The fourth-order valence-corrected chi connectivity index (χ4v) is 3.77. The second kappa shape index (κ2) is 8.15. The van der Waals surface area contributed by atoms with E-state index in [9.17, 15) is 13.2 Å². The molecule has 0 aliphatic rings. The predicted octanol–water partition coefficient (Wildman–Crippen LogP) is 3.16. The summed E-state index contributed by atoms with van der Waals surface area (Å²) in [5.41, 5.74) is 0.445. The number of carbonyl (C=O) groups is 1. The number of carboxylic acids is 1. The highest BCUT2D eigenvalue weighted by Gasteiger charge is 2.22. The summed E-state index contributed by atoms with van der Waals surface area (Å²) in [6.45, 7) is 3.64. The number of rotatable bonds is 8. The molecule has 1 unspecified atom stereocenters. The Morgan fingerprint density at radius 1 is 1.23 bits per heavy atom. The van der Waals surface area contributed by atoms with E-state index in [1.54, 1.807) is 0 Å². The van der Waals surface area contributed by atoms with Gasteiger partial charge in [-0.25, -0.2) is 13.1 Å². The molecule has 8 heteroatoms. The van der Waals surface area contributed by atoms with Gasteiger partial charge in [-0.15, -0.1) is 0 Å². The van der Waals surface area contributed by atoms with E-state index >= 15 is 0 Å². The van der Waals surface area contributed by atoms with Crippen LogP contribution in [0.15, 0.2) is 18.2 Å². The molecule has 0 bridgehead atoms. The van der Waals surface area contributed by atoms with E-state index in [0.29, 0.717) is 22.0 Å². The summed E-state index contributed by atoms with van der Waals surface area (Å²) in [5.74, 6) is -1.90. The molecule has 0 heterocycles. The van der Waals surface area contributed by atoms with Crippen LogP contribution in [0.1, 0.15) is 25.8 Å². The average molecular weight is 368 g/mol. The Balaban J connectivity index is 2.72. The van der Waals surface area contributed by atoms with Gasteiger partial charge in [-0.05, 0) is 36.1 Å². The van der Waals surface area contributed by atoms with Crippen molar-refractivity contribution >= 4 is 39.2 Å². The lowest BCUT2D eigenvalue weighted by molar-refractivity contribution is -0.142. The number of hydrogen-bond acceptors (Lipinski definition) is 3. The number of hydrogen-bond donors (Lipinski definition) is 2. The van der Waals surface area contributed by atoms with Gasteiger partial charge in [0, 0.05) is 16.6 Å². The maximum atomic E-state index is 12.0. The van der Waals surface area contributed by atoms with E-state index in [2.05, 4.69) is 4.72 Å². The molecule has 1 atom stereocenters.